The molecule has 1 atom stereocenters. The molecule has 0 saturated heterocycles. The molecule has 0 N–H and O–H groups in total. The number of aromatic nitrogens is 2. The molecule has 2 aromatic rings. The molecular weight excluding hydrogens is 378 g/mol. The molecule has 3 rings (SSSR count). The molecular formula is C20H27N3O4S. The number of hydrogen-bond acceptors (Lipinski definition) is 6. The van der Waals surface area contributed by atoms with Gasteiger partial charge >= 0.3 is 5.97 Å². The van der Waals surface area contributed by atoms with Crippen LogP contribution in [0.2, 0.25) is 0 Å². The normalized spacial score (nSPS) is 14.6. The van der Waals surface area contributed by atoms with E-state index >= 15 is 0 Å². The highest BCUT2D eigenvalue weighted by atomic mass is 32.1. The van der Waals surface area contributed by atoms with Crippen LogP contribution in [0.25, 0.3) is 10.2 Å². The van der Waals surface area contributed by atoms with Crippen molar-refractivity contribution in [3.05, 3.63) is 26.6 Å². The number of fused-ring (bicyclic) bond motifs is 2. The van der Waals surface area contributed by atoms with Crippen molar-refractivity contribution in [1.29, 1.82) is 0 Å². The third kappa shape index (κ3) is 3.45. The molecule has 0 aromatic carbocycles. The maximum absolute atomic E-state index is 12.8. The van der Waals surface area contributed by atoms with Gasteiger partial charge in [0.15, 0.2) is 6.10 Å². The van der Waals surface area contributed by atoms with Crippen LogP contribution in [0.1, 0.15) is 62.1 Å². The zero-order chi connectivity index (χ0) is 20.7. The van der Waals surface area contributed by atoms with Crippen LogP contribution in [0, 0.1) is 6.92 Å². The number of ether oxygens (including phenoxy) is 1. The average molecular weight is 406 g/mol. The number of hydrogen-bond donors (Lipinski definition) is 0. The predicted octanol–water partition coefficient (Wildman–Crippen LogP) is 2.90. The molecule has 1 aliphatic heterocycles. The Morgan fingerprint density at radius 3 is 2.43 bits per heavy atom. The Labute approximate surface area is 168 Å². The van der Waals surface area contributed by atoms with Crippen molar-refractivity contribution in [1.82, 2.24) is 14.5 Å². The molecule has 2 aromatic heterocycles. The first-order valence-electron chi connectivity index (χ1n) is 9.69. The molecule has 0 radical (unpaired) electrons. The Morgan fingerprint density at radius 1 is 1.18 bits per heavy atom. The fourth-order valence-electron chi connectivity index (χ4n) is 3.85. The van der Waals surface area contributed by atoms with Gasteiger partial charge in [-0.2, -0.15) is 0 Å². The summed E-state index contributed by atoms with van der Waals surface area (Å²) in [4.78, 5) is 45.4. The average Bonchev–Trinajstić information content (AvgIpc) is 3.19. The van der Waals surface area contributed by atoms with Gasteiger partial charge in [-0.25, -0.2) is 9.78 Å². The highest BCUT2D eigenvalue weighted by Gasteiger charge is 2.30. The number of nitrogens with zero attached hydrogens (tertiary/aromatic N) is 3. The predicted molar refractivity (Wildman–Crippen MR) is 109 cm³/mol. The summed E-state index contributed by atoms with van der Waals surface area (Å²) in [6.45, 7) is 11.7. The number of rotatable bonds is 5. The number of amides is 1. The van der Waals surface area contributed by atoms with Crippen LogP contribution in [0.5, 0.6) is 0 Å². The molecule has 28 heavy (non-hydrogen) atoms. The Balaban J connectivity index is 1.88. The van der Waals surface area contributed by atoms with E-state index < -0.39 is 12.1 Å². The second kappa shape index (κ2) is 7.66. The monoisotopic (exact) mass is 405 g/mol. The summed E-state index contributed by atoms with van der Waals surface area (Å²) >= 11 is 1.16. The molecule has 7 nitrogen and oxygen atoms in total. The van der Waals surface area contributed by atoms with Crippen LogP contribution in [0.15, 0.2) is 4.79 Å². The Morgan fingerprint density at radius 2 is 1.82 bits per heavy atom. The first kappa shape index (κ1) is 20.5. The summed E-state index contributed by atoms with van der Waals surface area (Å²) in [7, 11) is 0. The summed E-state index contributed by atoms with van der Waals surface area (Å²) in [5, 5.41) is 0.479. The standard InChI is InChI=1S/C20H27N3O4S/c1-10(2)23(11(3)4)18(24)13(6)27-20(26)16-12(5)15-17(28-16)21-14-8-7-9-22(14)19(15)25/h10-11,13H,7-9H2,1-6H3/t13-/m1/s1. The summed E-state index contributed by atoms with van der Waals surface area (Å²) in [5.41, 5.74) is 0.481. The second-order valence-corrected chi connectivity index (χ2v) is 8.80. The van der Waals surface area contributed by atoms with E-state index in [-0.39, 0.29) is 23.6 Å². The molecule has 152 valence electrons. The summed E-state index contributed by atoms with van der Waals surface area (Å²) in [6, 6.07) is 0.0118. The summed E-state index contributed by atoms with van der Waals surface area (Å²) in [5.74, 6) is -0.0422. The minimum atomic E-state index is -0.902. The Bertz CT molecular complexity index is 981. The van der Waals surface area contributed by atoms with Gasteiger partial charge in [0.25, 0.3) is 11.5 Å². The molecule has 0 spiro atoms. The molecule has 1 aliphatic rings. The second-order valence-electron chi connectivity index (χ2n) is 7.81. The number of esters is 1. The molecule has 1 amide bonds. The lowest BCUT2D eigenvalue weighted by Crippen LogP contribution is -2.47. The van der Waals surface area contributed by atoms with E-state index in [0.29, 0.717) is 27.2 Å². The Kier molecular flexibility index (Phi) is 5.61. The third-order valence-corrected chi connectivity index (χ3v) is 6.26. The van der Waals surface area contributed by atoms with Gasteiger partial charge in [0.2, 0.25) is 0 Å². The fourth-order valence-corrected chi connectivity index (χ4v) is 4.92. The fraction of sp³-hybridized carbons (Fsp3) is 0.600. The summed E-state index contributed by atoms with van der Waals surface area (Å²) in [6.07, 6.45) is 0.782. The van der Waals surface area contributed by atoms with Crippen LogP contribution in [0.3, 0.4) is 0 Å². The minimum Gasteiger partial charge on any atom is -0.448 e. The van der Waals surface area contributed by atoms with Gasteiger partial charge in [0.05, 0.1) is 5.39 Å². The largest absolute Gasteiger partial charge is 0.448 e. The van der Waals surface area contributed by atoms with Crippen molar-refractivity contribution in [2.75, 3.05) is 0 Å². The van der Waals surface area contributed by atoms with Crippen molar-refractivity contribution in [2.24, 2.45) is 0 Å². The minimum absolute atomic E-state index is 0.00588. The van der Waals surface area contributed by atoms with Gasteiger partial charge in [0.1, 0.15) is 15.5 Å². The molecule has 3 heterocycles. The topological polar surface area (TPSA) is 81.5 Å². The lowest BCUT2D eigenvalue weighted by atomic mass is 10.2. The molecule has 0 saturated carbocycles. The number of aryl methyl sites for hydroxylation is 2. The van der Waals surface area contributed by atoms with E-state index in [2.05, 4.69) is 4.98 Å². The van der Waals surface area contributed by atoms with Gasteiger partial charge in [-0.1, -0.05) is 0 Å². The van der Waals surface area contributed by atoms with Crippen LogP contribution in [0.4, 0.5) is 0 Å². The van der Waals surface area contributed by atoms with E-state index in [1.165, 1.54) is 0 Å². The number of thiophene rings is 1. The van der Waals surface area contributed by atoms with E-state index in [9.17, 15) is 14.4 Å². The highest BCUT2D eigenvalue weighted by molar-refractivity contribution is 7.20. The van der Waals surface area contributed by atoms with Crippen LogP contribution in [-0.4, -0.2) is 44.5 Å². The van der Waals surface area contributed by atoms with Crippen molar-refractivity contribution >= 4 is 33.4 Å². The van der Waals surface area contributed by atoms with Crippen molar-refractivity contribution in [3.8, 4) is 0 Å². The van der Waals surface area contributed by atoms with Gasteiger partial charge in [-0.05, 0) is 53.5 Å². The van der Waals surface area contributed by atoms with E-state index in [1.807, 2.05) is 27.7 Å². The van der Waals surface area contributed by atoms with E-state index in [4.69, 9.17) is 4.74 Å². The highest BCUT2D eigenvalue weighted by Crippen LogP contribution is 2.29. The maximum atomic E-state index is 12.8. The van der Waals surface area contributed by atoms with Crippen LogP contribution < -0.4 is 5.56 Å². The maximum Gasteiger partial charge on any atom is 0.349 e. The van der Waals surface area contributed by atoms with Gasteiger partial charge < -0.3 is 9.64 Å². The van der Waals surface area contributed by atoms with Crippen LogP contribution >= 0.6 is 11.3 Å². The van der Waals surface area contributed by atoms with Crippen molar-refractivity contribution < 1.29 is 14.3 Å². The smallest absolute Gasteiger partial charge is 0.349 e. The molecule has 0 bridgehead atoms. The van der Waals surface area contributed by atoms with E-state index in [1.54, 1.807) is 23.3 Å². The van der Waals surface area contributed by atoms with Crippen molar-refractivity contribution in [3.63, 3.8) is 0 Å². The zero-order valence-electron chi connectivity index (χ0n) is 17.2. The Hall–Kier alpha value is -2.22. The lowest BCUT2D eigenvalue weighted by molar-refractivity contribution is -0.143. The molecule has 0 unspecified atom stereocenters. The third-order valence-electron chi connectivity index (χ3n) is 5.10. The van der Waals surface area contributed by atoms with Gasteiger partial charge in [0, 0.05) is 25.0 Å². The number of carbonyl (C=O) groups is 2. The zero-order valence-corrected chi connectivity index (χ0v) is 18.1. The lowest BCUT2D eigenvalue weighted by Gasteiger charge is -2.32. The quantitative estimate of drug-likeness (QED) is 0.715. The van der Waals surface area contributed by atoms with Gasteiger partial charge in [-0.15, -0.1) is 11.3 Å². The summed E-state index contributed by atoms with van der Waals surface area (Å²) < 4.78 is 7.16. The molecule has 0 aliphatic carbocycles. The number of carbonyl (C=O) groups excluding carboxylic acids is 2. The molecule has 8 heteroatoms. The van der Waals surface area contributed by atoms with E-state index in [0.717, 1.165) is 30.0 Å². The SMILES string of the molecule is Cc1c(C(=O)O[C@H](C)C(=O)N(C(C)C)C(C)C)sc2nc3n(c(=O)c12)CCC3. The first-order valence-corrected chi connectivity index (χ1v) is 10.5. The van der Waals surface area contributed by atoms with Crippen LogP contribution in [-0.2, 0) is 22.5 Å². The first-order chi connectivity index (χ1) is 13.1. The van der Waals surface area contributed by atoms with Gasteiger partial charge in [-0.3, -0.25) is 14.2 Å². The molecule has 0 fully saturated rings. The van der Waals surface area contributed by atoms with Crippen molar-refractivity contribution in [2.45, 2.75) is 79.1 Å².